The van der Waals surface area contributed by atoms with Crippen molar-refractivity contribution in [3.05, 3.63) is 53.3 Å². The molecule has 4 rings (SSSR count). The Balaban J connectivity index is 1.57. The van der Waals surface area contributed by atoms with Crippen LogP contribution in [0.4, 0.5) is 4.39 Å². The third-order valence-electron chi connectivity index (χ3n) is 6.26. The summed E-state index contributed by atoms with van der Waals surface area (Å²) >= 11 is 0. The number of ether oxygens (including phenoxy) is 1. The van der Waals surface area contributed by atoms with E-state index < -0.39 is 27.0 Å². The van der Waals surface area contributed by atoms with Crippen LogP contribution in [0.1, 0.15) is 67.8 Å². The molecule has 2 aliphatic rings. The van der Waals surface area contributed by atoms with Crippen LogP contribution in [0.25, 0.3) is 11.1 Å². The minimum absolute atomic E-state index is 0.220. The molecule has 2 aliphatic carbocycles. The van der Waals surface area contributed by atoms with E-state index in [1.54, 1.807) is 38.1 Å². The monoisotopic (exact) mass is 460 g/mol. The Morgan fingerprint density at radius 1 is 1.12 bits per heavy atom. The van der Waals surface area contributed by atoms with Gasteiger partial charge in [-0.25, -0.2) is 17.5 Å². The summed E-state index contributed by atoms with van der Waals surface area (Å²) in [6.45, 7) is 3.26. The van der Waals surface area contributed by atoms with E-state index in [9.17, 15) is 13.2 Å². The van der Waals surface area contributed by atoms with E-state index in [1.165, 1.54) is 6.07 Å². The summed E-state index contributed by atoms with van der Waals surface area (Å²) in [5.41, 5.74) is 7.88. The molecule has 6 nitrogen and oxygen atoms in total. The first kappa shape index (κ1) is 22.7. The number of carbonyl (C=O) groups excluding carboxylic acids is 1. The van der Waals surface area contributed by atoms with Gasteiger partial charge in [0, 0.05) is 17.2 Å². The van der Waals surface area contributed by atoms with Crippen molar-refractivity contribution >= 4 is 15.9 Å². The topological polar surface area (TPSA) is 98.5 Å². The third kappa shape index (κ3) is 4.66. The highest BCUT2D eigenvalue weighted by Gasteiger charge is 2.34. The predicted octanol–water partition coefficient (Wildman–Crippen LogP) is 4.10. The van der Waals surface area contributed by atoms with Crippen molar-refractivity contribution in [3.8, 4) is 16.9 Å². The van der Waals surface area contributed by atoms with Gasteiger partial charge in [-0.2, -0.15) is 0 Å². The van der Waals surface area contributed by atoms with E-state index in [2.05, 4.69) is 4.72 Å². The maximum atomic E-state index is 15.2. The molecule has 2 fully saturated rings. The normalized spacial score (nSPS) is 21.1. The van der Waals surface area contributed by atoms with Gasteiger partial charge in [-0.15, -0.1) is 0 Å². The number of rotatable bonds is 8. The molecule has 8 heteroatoms. The highest BCUT2D eigenvalue weighted by molar-refractivity contribution is 7.90. The summed E-state index contributed by atoms with van der Waals surface area (Å²) in [5, 5.41) is -0.530. The van der Waals surface area contributed by atoms with E-state index in [-0.39, 0.29) is 18.1 Å². The second kappa shape index (κ2) is 8.83. The van der Waals surface area contributed by atoms with Crippen molar-refractivity contribution in [2.24, 2.45) is 5.73 Å². The van der Waals surface area contributed by atoms with E-state index in [0.717, 1.165) is 24.8 Å². The fourth-order valence-electron chi connectivity index (χ4n) is 4.34. The maximum absolute atomic E-state index is 15.2. The molecule has 2 saturated carbocycles. The molecule has 2 atom stereocenters. The lowest BCUT2D eigenvalue weighted by Gasteiger charge is -2.23. The molecule has 2 aromatic rings. The number of primary amides is 1. The van der Waals surface area contributed by atoms with Gasteiger partial charge in [-0.3, -0.25) is 4.79 Å². The Bertz CT molecular complexity index is 1130. The van der Waals surface area contributed by atoms with Crippen molar-refractivity contribution in [1.82, 2.24) is 4.72 Å². The zero-order chi connectivity index (χ0) is 23.0. The maximum Gasteiger partial charge on any atom is 0.249 e. The molecule has 0 radical (unpaired) electrons. The van der Waals surface area contributed by atoms with Gasteiger partial charge in [-0.05, 0) is 81.2 Å². The second-order valence-corrected chi connectivity index (χ2v) is 11.2. The average molecular weight is 461 g/mol. The first-order chi connectivity index (χ1) is 15.2. The lowest BCUT2D eigenvalue weighted by Crippen LogP contribution is -2.44. The van der Waals surface area contributed by atoms with E-state index in [0.29, 0.717) is 35.3 Å². The number of hydrogen-bond donors (Lipinski definition) is 2. The molecule has 3 N–H and O–H groups in total. The number of sulfonamides is 1. The predicted molar refractivity (Wildman–Crippen MR) is 122 cm³/mol. The van der Waals surface area contributed by atoms with Crippen molar-refractivity contribution in [2.45, 2.75) is 69.3 Å². The Hall–Kier alpha value is -2.45. The van der Waals surface area contributed by atoms with Crippen molar-refractivity contribution in [3.63, 3.8) is 0 Å². The van der Waals surface area contributed by atoms with Crippen molar-refractivity contribution in [1.29, 1.82) is 0 Å². The number of carbonyl (C=O) groups is 1. The van der Waals surface area contributed by atoms with Gasteiger partial charge in [0.25, 0.3) is 0 Å². The van der Waals surface area contributed by atoms with Gasteiger partial charge < -0.3 is 10.5 Å². The minimum Gasteiger partial charge on any atom is -0.489 e. The molecule has 0 spiro atoms. The van der Waals surface area contributed by atoms with Crippen LogP contribution in [0.3, 0.4) is 0 Å². The number of nitrogens with two attached hydrogens (primary N) is 1. The SMILES string of the molecule is CC(C)S(=O)(=O)N[C@H]1CCC[C@H]1Oc1ccc(-c2cccc(C(N)=O)c2C2CC2)c(F)c1. The number of hydrogen-bond acceptors (Lipinski definition) is 4. The largest absolute Gasteiger partial charge is 0.489 e. The van der Waals surface area contributed by atoms with Crippen LogP contribution in [0.5, 0.6) is 5.75 Å². The number of amides is 1. The molecule has 0 saturated heterocycles. The molecular weight excluding hydrogens is 431 g/mol. The molecule has 0 bridgehead atoms. The molecule has 32 heavy (non-hydrogen) atoms. The lowest BCUT2D eigenvalue weighted by atomic mass is 9.91. The fourth-order valence-corrected chi connectivity index (χ4v) is 5.30. The minimum atomic E-state index is -3.42. The number of nitrogens with one attached hydrogen (secondary N) is 1. The van der Waals surface area contributed by atoms with Crippen LogP contribution in [0, 0.1) is 5.82 Å². The van der Waals surface area contributed by atoms with Crippen LogP contribution in [0.15, 0.2) is 36.4 Å². The van der Waals surface area contributed by atoms with Gasteiger partial charge in [-0.1, -0.05) is 12.1 Å². The van der Waals surface area contributed by atoms with Crippen molar-refractivity contribution in [2.75, 3.05) is 0 Å². The van der Waals surface area contributed by atoms with E-state index in [1.807, 2.05) is 6.07 Å². The second-order valence-electron chi connectivity index (χ2n) is 8.95. The smallest absolute Gasteiger partial charge is 0.249 e. The number of halogens is 1. The molecule has 2 aromatic carbocycles. The summed E-state index contributed by atoms with van der Waals surface area (Å²) in [5.74, 6) is -0.392. The van der Waals surface area contributed by atoms with Crippen LogP contribution in [0.2, 0.25) is 0 Å². The summed E-state index contributed by atoms with van der Waals surface area (Å²) in [6, 6.07) is 9.56. The lowest BCUT2D eigenvalue weighted by molar-refractivity contribution is 0.0999. The standard InChI is InChI=1S/C24H29FN2O4S/c1-14(2)32(29,30)27-21-7-4-8-22(21)31-16-11-12-17(20(25)13-16)18-5-3-6-19(24(26)28)23(18)15-9-10-15/h3,5-6,11-15,21-22,27H,4,7-10H2,1-2H3,(H2,26,28)/t21-,22+/m0/s1. The molecule has 172 valence electrons. The summed E-state index contributed by atoms with van der Waals surface area (Å²) in [7, 11) is -3.42. The van der Waals surface area contributed by atoms with Gasteiger partial charge in [0.2, 0.25) is 15.9 Å². The fraction of sp³-hybridized carbons (Fsp3) is 0.458. The summed E-state index contributed by atoms with van der Waals surface area (Å²) in [4.78, 5) is 11.9. The summed E-state index contributed by atoms with van der Waals surface area (Å²) < 4.78 is 48.4. The van der Waals surface area contributed by atoms with Crippen LogP contribution in [-0.2, 0) is 10.0 Å². The molecule has 0 aromatic heterocycles. The van der Waals surface area contributed by atoms with Gasteiger partial charge >= 0.3 is 0 Å². The highest BCUT2D eigenvalue weighted by atomic mass is 32.2. The van der Waals surface area contributed by atoms with Crippen LogP contribution >= 0.6 is 0 Å². The molecule has 0 heterocycles. The first-order valence-corrected chi connectivity index (χ1v) is 12.6. The zero-order valence-electron chi connectivity index (χ0n) is 18.3. The van der Waals surface area contributed by atoms with Crippen LogP contribution in [-0.4, -0.2) is 31.7 Å². The quantitative estimate of drug-likeness (QED) is 0.620. The molecular formula is C24H29FN2O4S. The average Bonchev–Trinajstić information content (AvgIpc) is 3.49. The number of benzene rings is 2. The van der Waals surface area contributed by atoms with Gasteiger partial charge in [0.1, 0.15) is 17.7 Å². The van der Waals surface area contributed by atoms with Gasteiger partial charge in [0.15, 0.2) is 0 Å². The van der Waals surface area contributed by atoms with Crippen molar-refractivity contribution < 1.29 is 22.3 Å². The summed E-state index contributed by atoms with van der Waals surface area (Å²) in [6.07, 6.45) is 3.77. The zero-order valence-corrected chi connectivity index (χ0v) is 19.1. The third-order valence-corrected chi connectivity index (χ3v) is 8.14. The Morgan fingerprint density at radius 2 is 1.88 bits per heavy atom. The van der Waals surface area contributed by atoms with E-state index >= 15 is 4.39 Å². The van der Waals surface area contributed by atoms with Crippen LogP contribution < -0.4 is 15.2 Å². The molecule has 0 aliphatic heterocycles. The Morgan fingerprint density at radius 3 is 2.50 bits per heavy atom. The molecule has 1 amide bonds. The Kier molecular flexibility index (Phi) is 6.27. The first-order valence-electron chi connectivity index (χ1n) is 11.1. The van der Waals surface area contributed by atoms with Gasteiger partial charge in [0.05, 0.1) is 11.3 Å². The van der Waals surface area contributed by atoms with E-state index in [4.69, 9.17) is 10.5 Å². The highest BCUT2D eigenvalue weighted by Crippen LogP contribution is 2.46. The molecule has 0 unspecified atom stereocenters. The Labute approximate surface area is 188 Å².